The summed E-state index contributed by atoms with van der Waals surface area (Å²) >= 11 is 0. The number of likely N-dealkylation sites (tertiary alicyclic amines) is 1. The summed E-state index contributed by atoms with van der Waals surface area (Å²) in [5.41, 5.74) is 11.5. The van der Waals surface area contributed by atoms with Crippen molar-refractivity contribution in [1.82, 2.24) is 36.8 Å². The summed E-state index contributed by atoms with van der Waals surface area (Å²) in [7, 11) is 0. The molecule has 1 aliphatic rings. The Labute approximate surface area is 343 Å². The lowest BCUT2D eigenvalue weighted by Crippen LogP contribution is -2.62. The van der Waals surface area contributed by atoms with Crippen molar-refractivity contribution in [2.45, 2.75) is 147 Å². The standard InChI is InChI=1S/C37H65N9O13/c1-18(2)16-22(39)31(52)43-25(17-47)33(54)41-23(12-13-27(49)50)32(53)45-29(21(6)48)35(56)42-24(10-7-8-14-38)36(57)46-15-9-11-26(46)34(55)40-20(5)30(51)44-28(19(3)4)37(58)59/h18-26,28-29,47-48H,7-17,38-39H2,1-6H3,(H,40,55)(H,41,54)(H,42,56)(H,43,52)(H,44,51)(H,45,53)(H,49,50)(H,58,59). The predicted molar refractivity (Wildman–Crippen MR) is 210 cm³/mol. The second kappa shape index (κ2) is 25.5. The smallest absolute Gasteiger partial charge is 0.326 e. The zero-order valence-corrected chi connectivity index (χ0v) is 34.7. The molecular weight excluding hydrogens is 778 g/mol. The zero-order chi connectivity index (χ0) is 45.1. The number of hydrogen-bond acceptors (Lipinski definition) is 13. The monoisotopic (exact) mass is 843 g/mol. The number of aliphatic hydroxyl groups excluding tert-OH is 2. The number of amides is 7. The van der Waals surface area contributed by atoms with E-state index in [9.17, 15) is 63.6 Å². The number of carboxylic acids is 2. The normalized spacial score (nSPS) is 18.0. The fraction of sp³-hybridized carbons (Fsp3) is 0.757. The van der Waals surface area contributed by atoms with Crippen molar-refractivity contribution in [3.63, 3.8) is 0 Å². The van der Waals surface area contributed by atoms with Gasteiger partial charge in [-0.15, -0.1) is 0 Å². The lowest BCUT2D eigenvalue weighted by atomic mass is 10.0. The molecule has 9 unspecified atom stereocenters. The van der Waals surface area contributed by atoms with Crippen LogP contribution in [0, 0.1) is 11.8 Å². The van der Waals surface area contributed by atoms with E-state index in [1.807, 2.05) is 13.8 Å². The summed E-state index contributed by atoms with van der Waals surface area (Å²) < 4.78 is 0. The number of carbonyl (C=O) groups excluding carboxylic acids is 7. The number of aliphatic hydroxyl groups is 2. The molecule has 0 saturated carbocycles. The van der Waals surface area contributed by atoms with Crippen molar-refractivity contribution in [2.24, 2.45) is 23.3 Å². The van der Waals surface area contributed by atoms with Gasteiger partial charge in [0.25, 0.3) is 0 Å². The first-order chi connectivity index (χ1) is 27.5. The van der Waals surface area contributed by atoms with Crippen LogP contribution in [0.15, 0.2) is 0 Å². The molecule has 59 heavy (non-hydrogen) atoms. The highest BCUT2D eigenvalue weighted by Crippen LogP contribution is 2.20. The van der Waals surface area contributed by atoms with Crippen LogP contribution in [-0.2, 0) is 43.2 Å². The quantitative estimate of drug-likeness (QED) is 0.0374. The molecule has 0 aliphatic carbocycles. The third-order valence-corrected chi connectivity index (χ3v) is 9.60. The third kappa shape index (κ3) is 17.4. The van der Waals surface area contributed by atoms with E-state index in [-0.39, 0.29) is 38.3 Å². The van der Waals surface area contributed by atoms with Gasteiger partial charge in [-0.1, -0.05) is 27.7 Å². The highest BCUT2D eigenvalue weighted by Gasteiger charge is 2.40. The van der Waals surface area contributed by atoms with Crippen LogP contribution in [0.1, 0.15) is 92.9 Å². The van der Waals surface area contributed by atoms with E-state index in [0.717, 1.165) is 6.92 Å². The largest absolute Gasteiger partial charge is 0.481 e. The molecule has 1 rings (SSSR count). The Morgan fingerprint density at radius 1 is 0.712 bits per heavy atom. The minimum Gasteiger partial charge on any atom is -0.481 e. The Morgan fingerprint density at radius 2 is 1.29 bits per heavy atom. The molecule has 0 spiro atoms. The zero-order valence-electron chi connectivity index (χ0n) is 34.7. The van der Waals surface area contributed by atoms with E-state index in [1.54, 1.807) is 13.8 Å². The predicted octanol–water partition coefficient (Wildman–Crippen LogP) is -3.61. The summed E-state index contributed by atoms with van der Waals surface area (Å²) in [6.45, 7) is 8.83. The van der Waals surface area contributed by atoms with Gasteiger partial charge in [-0.25, -0.2) is 4.79 Å². The molecule has 14 N–H and O–H groups in total. The maximum atomic E-state index is 14.0. The summed E-state index contributed by atoms with van der Waals surface area (Å²) in [4.78, 5) is 117. The molecule has 1 aliphatic heterocycles. The number of carboxylic acid groups (broad SMARTS) is 2. The molecule has 0 bridgehead atoms. The molecule has 1 heterocycles. The van der Waals surface area contributed by atoms with Gasteiger partial charge in [-0.05, 0) is 77.2 Å². The first-order valence-corrected chi connectivity index (χ1v) is 19.9. The Kier molecular flexibility index (Phi) is 22.5. The number of aliphatic carboxylic acids is 2. The minimum atomic E-state index is -1.75. The maximum absolute atomic E-state index is 14.0. The number of hydrogen-bond donors (Lipinski definition) is 12. The van der Waals surface area contributed by atoms with Gasteiger partial charge in [0.15, 0.2) is 0 Å². The Morgan fingerprint density at radius 3 is 1.81 bits per heavy atom. The van der Waals surface area contributed by atoms with Crippen LogP contribution in [0.4, 0.5) is 0 Å². The molecule has 0 aromatic rings. The van der Waals surface area contributed by atoms with Gasteiger partial charge < -0.3 is 68.7 Å². The fourth-order valence-electron chi connectivity index (χ4n) is 6.24. The number of carbonyl (C=O) groups is 9. The molecule has 1 saturated heterocycles. The number of rotatable bonds is 26. The highest BCUT2D eigenvalue weighted by molar-refractivity contribution is 5.98. The molecule has 22 heteroatoms. The van der Waals surface area contributed by atoms with E-state index in [0.29, 0.717) is 19.3 Å². The second-order valence-corrected chi connectivity index (χ2v) is 15.5. The topological polar surface area (TPSA) is 362 Å². The van der Waals surface area contributed by atoms with Crippen LogP contribution < -0.4 is 43.4 Å². The van der Waals surface area contributed by atoms with E-state index >= 15 is 0 Å². The minimum absolute atomic E-state index is 0.0318. The first-order valence-electron chi connectivity index (χ1n) is 19.9. The van der Waals surface area contributed by atoms with Gasteiger partial charge in [-0.2, -0.15) is 0 Å². The molecule has 7 amide bonds. The summed E-state index contributed by atoms with van der Waals surface area (Å²) in [6.07, 6.45) is -1.05. The number of nitrogens with two attached hydrogens (primary N) is 2. The van der Waals surface area contributed by atoms with E-state index in [2.05, 4.69) is 31.9 Å². The van der Waals surface area contributed by atoms with Crippen LogP contribution in [0.2, 0.25) is 0 Å². The molecule has 9 atom stereocenters. The van der Waals surface area contributed by atoms with Gasteiger partial charge in [0.05, 0.1) is 18.8 Å². The third-order valence-electron chi connectivity index (χ3n) is 9.60. The summed E-state index contributed by atoms with van der Waals surface area (Å²) in [5, 5.41) is 53.4. The van der Waals surface area contributed by atoms with Gasteiger partial charge >= 0.3 is 11.9 Å². The maximum Gasteiger partial charge on any atom is 0.326 e. The van der Waals surface area contributed by atoms with Crippen molar-refractivity contribution in [3.05, 3.63) is 0 Å². The number of nitrogens with zero attached hydrogens (tertiary/aromatic N) is 1. The van der Waals surface area contributed by atoms with Crippen LogP contribution >= 0.6 is 0 Å². The number of unbranched alkanes of at least 4 members (excludes halogenated alkanes) is 1. The summed E-state index contributed by atoms with van der Waals surface area (Å²) in [6, 6.07) is -10.7. The average molecular weight is 844 g/mol. The SMILES string of the molecule is CC(C)CC(N)C(=O)NC(CO)C(=O)NC(CCC(=O)O)C(=O)NC(C(=O)NC(CCCCN)C(=O)N1CCCC1C(=O)NC(C)C(=O)NC(C(=O)O)C(C)C)C(C)O. The van der Waals surface area contributed by atoms with E-state index < -0.39 is 133 Å². The van der Waals surface area contributed by atoms with Gasteiger partial charge in [0.1, 0.15) is 42.3 Å². The molecule has 0 radical (unpaired) electrons. The Hall–Kier alpha value is -4.93. The molecule has 0 aromatic carbocycles. The average Bonchev–Trinajstić information content (AvgIpc) is 3.65. The van der Waals surface area contributed by atoms with Crippen LogP contribution in [0.25, 0.3) is 0 Å². The van der Waals surface area contributed by atoms with Crippen molar-refractivity contribution < 1.29 is 63.6 Å². The Bertz CT molecular complexity index is 1480. The van der Waals surface area contributed by atoms with Gasteiger partial charge in [0, 0.05) is 13.0 Å². The lowest BCUT2D eigenvalue weighted by molar-refractivity contribution is -0.144. The van der Waals surface area contributed by atoms with Gasteiger partial charge in [-0.3, -0.25) is 38.4 Å². The van der Waals surface area contributed by atoms with E-state index in [4.69, 9.17) is 11.5 Å². The molecular formula is C37H65N9O13. The molecule has 1 fully saturated rings. The second-order valence-electron chi connectivity index (χ2n) is 15.5. The first kappa shape index (κ1) is 52.1. The fourth-order valence-corrected chi connectivity index (χ4v) is 6.24. The van der Waals surface area contributed by atoms with Crippen molar-refractivity contribution in [3.8, 4) is 0 Å². The van der Waals surface area contributed by atoms with Crippen LogP contribution in [0.5, 0.6) is 0 Å². The van der Waals surface area contributed by atoms with Crippen molar-refractivity contribution in [1.29, 1.82) is 0 Å². The highest BCUT2D eigenvalue weighted by atomic mass is 16.4. The van der Waals surface area contributed by atoms with Crippen molar-refractivity contribution >= 4 is 53.3 Å². The molecule has 22 nitrogen and oxygen atoms in total. The number of nitrogens with one attached hydrogen (secondary N) is 6. The van der Waals surface area contributed by atoms with Crippen LogP contribution in [0.3, 0.4) is 0 Å². The Balaban J connectivity index is 3.23. The van der Waals surface area contributed by atoms with Crippen molar-refractivity contribution in [2.75, 3.05) is 19.7 Å². The summed E-state index contributed by atoms with van der Waals surface area (Å²) in [5.74, 6) is -9.07. The van der Waals surface area contributed by atoms with E-state index in [1.165, 1.54) is 11.8 Å². The van der Waals surface area contributed by atoms with Gasteiger partial charge in [0.2, 0.25) is 41.4 Å². The molecule has 336 valence electrons. The lowest BCUT2D eigenvalue weighted by Gasteiger charge is -2.31. The van der Waals surface area contributed by atoms with Crippen LogP contribution in [-0.4, -0.2) is 153 Å². The molecule has 0 aromatic heterocycles.